The molecular weight excluding hydrogens is 389 g/mol. The van der Waals surface area contributed by atoms with Gasteiger partial charge in [-0.25, -0.2) is 9.18 Å². The van der Waals surface area contributed by atoms with Gasteiger partial charge in [-0.1, -0.05) is 12.1 Å². The van der Waals surface area contributed by atoms with Crippen molar-refractivity contribution in [3.8, 4) is 0 Å². The fourth-order valence-corrected chi connectivity index (χ4v) is 3.38. The number of halogens is 1. The maximum Gasteiger partial charge on any atom is 0.326 e. The summed E-state index contributed by atoms with van der Waals surface area (Å²) in [4.78, 5) is 35.6. The maximum absolute atomic E-state index is 14.0. The van der Waals surface area contributed by atoms with E-state index in [0.717, 1.165) is 45.6 Å². The third-order valence-corrected chi connectivity index (χ3v) is 5.09. The van der Waals surface area contributed by atoms with E-state index < -0.39 is 17.4 Å². The summed E-state index contributed by atoms with van der Waals surface area (Å²) < 4.78 is 14.0. The highest BCUT2D eigenvalue weighted by Crippen LogP contribution is 2.17. The van der Waals surface area contributed by atoms with E-state index in [-0.39, 0.29) is 11.6 Å². The van der Waals surface area contributed by atoms with Gasteiger partial charge in [0.25, 0.3) is 5.56 Å². The van der Waals surface area contributed by atoms with Gasteiger partial charge in [-0.05, 0) is 44.5 Å². The average Bonchev–Trinajstić information content (AvgIpc) is 2.72. The van der Waals surface area contributed by atoms with Crippen LogP contribution in [-0.4, -0.2) is 60.2 Å². The van der Waals surface area contributed by atoms with E-state index in [0.29, 0.717) is 17.8 Å². The lowest BCUT2D eigenvalue weighted by molar-refractivity contribution is 0.253. The Hall–Kier alpha value is -2.98. The number of rotatable bonds is 7. The second kappa shape index (κ2) is 10.2. The fraction of sp³-hybridized carbons (Fsp3) is 0.450. The first-order valence-electron chi connectivity index (χ1n) is 10.1. The molecule has 1 aliphatic heterocycles. The number of nitrogens with zero attached hydrogens (tertiary/aromatic N) is 3. The van der Waals surface area contributed by atoms with Gasteiger partial charge in [0.1, 0.15) is 11.5 Å². The van der Waals surface area contributed by atoms with E-state index in [9.17, 15) is 14.0 Å². The molecule has 1 aromatic heterocycles. The smallest absolute Gasteiger partial charge is 0.326 e. The van der Waals surface area contributed by atoms with Crippen molar-refractivity contribution in [2.24, 2.45) is 5.73 Å². The molecule has 9 nitrogen and oxygen atoms in total. The summed E-state index contributed by atoms with van der Waals surface area (Å²) in [6.07, 6.45) is 3.64. The number of unbranched alkanes of at least 4 members (excludes halogenated alkanes) is 1. The molecule has 0 aliphatic carbocycles. The van der Waals surface area contributed by atoms with Crippen LogP contribution in [0.2, 0.25) is 0 Å². The number of piperazine rings is 1. The summed E-state index contributed by atoms with van der Waals surface area (Å²) in [7, 11) is 0. The molecule has 1 aromatic carbocycles. The quantitative estimate of drug-likeness (QED) is 0.510. The predicted molar refractivity (Wildman–Crippen MR) is 116 cm³/mol. The van der Waals surface area contributed by atoms with Crippen molar-refractivity contribution in [3.63, 3.8) is 0 Å². The number of urea groups is 1. The van der Waals surface area contributed by atoms with Crippen LogP contribution in [0.25, 0.3) is 0 Å². The summed E-state index contributed by atoms with van der Waals surface area (Å²) in [6, 6.07) is 4.01. The molecule has 0 spiro atoms. The van der Waals surface area contributed by atoms with Crippen molar-refractivity contribution >= 4 is 23.4 Å². The van der Waals surface area contributed by atoms with Gasteiger partial charge in [-0.15, -0.1) is 0 Å². The molecule has 0 bridgehead atoms. The van der Waals surface area contributed by atoms with Crippen LogP contribution >= 0.6 is 0 Å². The molecule has 1 saturated heterocycles. The van der Waals surface area contributed by atoms with E-state index in [1.807, 2.05) is 4.90 Å². The van der Waals surface area contributed by atoms with Gasteiger partial charge in [-0.3, -0.25) is 15.0 Å². The number of nitrogens with two attached hydrogens (primary N) is 1. The molecule has 0 atom stereocenters. The highest BCUT2D eigenvalue weighted by atomic mass is 19.1. The summed E-state index contributed by atoms with van der Waals surface area (Å²) in [5, 5.41) is 4.84. The first-order valence-corrected chi connectivity index (χ1v) is 10.1. The number of nitrogens with one attached hydrogen (secondary N) is 3. The molecule has 1 aliphatic rings. The lowest BCUT2D eigenvalue weighted by atomic mass is 10.2. The van der Waals surface area contributed by atoms with Crippen LogP contribution < -0.4 is 26.8 Å². The maximum atomic E-state index is 14.0. The van der Waals surface area contributed by atoms with Gasteiger partial charge in [0.05, 0.1) is 5.69 Å². The van der Waals surface area contributed by atoms with Crippen molar-refractivity contribution in [2.75, 3.05) is 54.8 Å². The number of H-pyrrole nitrogens is 1. The van der Waals surface area contributed by atoms with E-state index in [1.165, 1.54) is 6.07 Å². The fourth-order valence-electron chi connectivity index (χ4n) is 3.38. The van der Waals surface area contributed by atoms with Crippen molar-refractivity contribution in [3.05, 3.63) is 46.1 Å². The standard InChI is InChI=1S/C20H28FN7O2/c1-14-5-4-6-15(17(14)21)24-20(30)26-19-23-13-16(18(29)25-19)28-11-9-27(10-12-28)8-3-2-7-22/h4-6,13H,2-3,7-12,22H2,1H3,(H3,23,24,25,26,29,30). The number of aromatic amines is 1. The SMILES string of the molecule is Cc1cccc(NC(=O)Nc2nc(=O)c(N3CCN(CCCCN)CC3)c[nH]2)c1F. The number of benzene rings is 1. The Morgan fingerprint density at radius 2 is 2.00 bits per heavy atom. The van der Waals surface area contributed by atoms with E-state index in [2.05, 4.69) is 25.5 Å². The predicted octanol–water partition coefficient (Wildman–Crippen LogP) is 1.72. The minimum atomic E-state index is -0.693. The third-order valence-electron chi connectivity index (χ3n) is 5.09. The highest BCUT2D eigenvalue weighted by Gasteiger charge is 2.20. The Bertz CT molecular complexity index is 926. The Morgan fingerprint density at radius 3 is 2.70 bits per heavy atom. The van der Waals surface area contributed by atoms with E-state index >= 15 is 0 Å². The van der Waals surface area contributed by atoms with Crippen molar-refractivity contribution in [1.29, 1.82) is 0 Å². The monoisotopic (exact) mass is 417 g/mol. The molecule has 10 heteroatoms. The van der Waals surface area contributed by atoms with Gasteiger partial charge in [0, 0.05) is 32.4 Å². The normalized spacial score (nSPS) is 14.6. The Labute approximate surface area is 174 Å². The minimum Gasteiger partial charge on any atom is -0.363 e. The largest absolute Gasteiger partial charge is 0.363 e. The zero-order valence-electron chi connectivity index (χ0n) is 17.1. The molecule has 0 saturated carbocycles. The molecule has 2 amide bonds. The average molecular weight is 417 g/mol. The summed E-state index contributed by atoms with van der Waals surface area (Å²) in [5.41, 5.74) is 6.04. The summed E-state index contributed by atoms with van der Waals surface area (Å²) in [6.45, 7) is 6.53. The van der Waals surface area contributed by atoms with Crippen LogP contribution in [0.4, 0.5) is 26.5 Å². The van der Waals surface area contributed by atoms with Gasteiger partial charge in [-0.2, -0.15) is 4.98 Å². The molecule has 5 N–H and O–H groups in total. The number of amides is 2. The van der Waals surface area contributed by atoms with Crippen LogP contribution in [0.15, 0.2) is 29.2 Å². The minimum absolute atomic E-state index is 0.00488. The number of carbonyl (C=O) groups is 1. The lowest BCUT2D eigenvalue weighted by Crippen LogP contribution is -2.48. The number of aryl methyl sites for hydroxylation is 1. The molecule has 3 rings (SSSR count). The van der Waals surface area contributed by atoms with Gasteiger partial charge in [0.2, 0.25) is 5.95 Å². The molecule has 1 fully saturated rings. The Balaban J connectivity index is 1.56. The number of aromatic nitrogens is 2. The van der Waals surface area contributed by atoms with E-state index in [1.54, 1.807) is 25.3 Å². The number of carbonyl (C=O) groups excluding carboxylic acids is 1. The van der Waals surface area contributed by atoms with Crippen LogP contribution in [0.5, 0.6) is 0 Å². The van der Waals surface area contributed by atoms with Crippen LogP contribution in [-0.2, 0) is 0 Å². The zero-order valence-corrected chi connectivity index (χ0v) is 17.1. The van der Waals surface area contributed by atoms with Gasteiger partial charge < -0.3 is 20.9 Å². The number of hydrogen-bond acceptors (Lipinski definition) is 6. The van der Waals surface area contributed by atoms with Crippen LogP contribution in [0.1, 0.15) is 18.4 Å². The lowest BCUT2D eigenvalue weighted by Gasteiger charge is -2.35. The second-order valence-corrected chi connectivity index (χ2v) is 7.28. The molecule has 0 unspecified atom stereocenters. The van der Waals surface area contributed by atoms with Gasteiger partial charge >= 0.3 is 6.03 Å². The first kappa shape index (κ1) is 21.7. The molecule has 2 aromatic rings. The molecule has 162 valence electrons. The van der Waals surface area contributed by atoms with Crippen molar-refractivity contribution in [2.45, 2.75) is 19.8 Å². The van der Waals surface area contributed by atoms with Gasteiger partial charge in [0.15, 0.2) is 0 Å². The van der Waals surface area contributed by atoms with E-state index in [4.69, 9.17) is 5.73 Å². The summed E-state index contributed by atoms with van der Waals surface area (Å²) >= 11 is 0. The molecule has 30 heavy (non-hydrogen) atoms. The molecule has 0 radical (unpaired) electrons. The third kappa shape index (κ3) is 5.55. The van der Waals surface area contributed by atoms with Crippen molar-refractivity contribution in [1.82, 2.24) is 14.9 Å². The number of hydrogen-bond donors (Lipinski definition) is 4. The molecular formula is C20H28FN7O2. The molecule has 2 heterocycles. The zero-order chi connectivity index (χ0) is 21.5. The number of anilines is 3. The first-order chi connectivity index (χ1) is 14.5. The summed E-state index contributed by atoms with van der Waals surface area (Å²) in [5.74, 6) is -0.513. The Morgan fingerprint density at radius 1 is 1.23 bits per heavy atom. The Kier molecular flexibility index (Phi) is 7.36. The van der Waals surface area contributed by atoms with Crippen molar-refractivity contribution < 1.29 is 9.18 Å². The van der Waals surface area contributed by atoms with Crippen LogP contribution in [0.3, 0.4) is 0 Å². The second-order valence-electron chi connectivity index (χ2n) is 7.28. The highest BCUT2D eigenvalue weighted by molar-refractivity contribution is 5.98. The van der Waals surface area contributed by atoms with Crippen LogP contribution in [0, 0.1) is 12.7 Å². The topological polar surface area (TPSA) is 119 Å².